The van der Waals surface area contributed by atoms with E-state index in [1.54, 1.807) is 0 Å². The zero-order valence-corrected chi connectivity index (χ0v) is 14.3. The summed E-state index contributed by atoms with van der Waals surface area (Å²) in [4.78, 5) is 23.3. The molecule has 0 aliphatic carbocycles. The molecule has 1 rings (SSSR count). The highest BCUT2D eigenvalue weighted by Crippen LogP contribution is 2.25. The number of esters is 1. The lowest BCUT2D eigenvalue weighted by atomic mass is 10.2. The molecule has 7 heteroatoms. The highest BCUT2D eigenvalue weighted by atomic mass is 79.9. The number of carbonyl (C=O) groups excluding carboxylic acids is 2. The van der Waals surface area contributed by atoms with Crippen molar-refractivity contribution in [3.63, 3.8) is 0 Å². The average molecular weight is 376 g/mol. The van der Waals surface area contributed by atoms with Crippen molar-refractivity contribution in [2.75, 3.05) is 13.2 Å². The molecule has 0 saturated carbocycles. The summed E-state index contributed by atoms with van der Waals surface area (Å²) < 4.78 is 23.5. The Bertz CT molecular complexity index is 536. The van der Waals surface area contributed by atoms with Crippen LogP contribution < -0.4 is 10.1 Å². The van der Waals surface area contributed by atoms with E-state index in [4.69, 9.17) is 9.47 Å². The van der Waals surface area contributed by atoms with Crippen LogP contribution in [0.4, 0.5) is 4.39 Å². The number of hydrogen-bond acceptors (Lipinski definition) is 4. The minimum atomic E-state index is -0.897. The predicted octanol–water partition coefficient (Wildman–Crippen LogP) is 2.67. The van der Waals surface area contributed by atoms with E-state index in [2.05, 4.69) is 21.2 Å². The second kappa shape index (κ2) is 8.73. The van der Waals surface area contributed by atoms with Crippen molar-refractivity contribution >= 4 is 27.8 Å². The Balaban J connectivity index is 2.41. The van der Waals surface area contributed by atoms with Crippen LogP contribution in [0.3, 0.4) is 0 Å². The highest BCUT2D eigenvalue weighted by Gasteiger charge is 2.18. The van der Waals surface area contributed by atoms with Crippen LogP contribution in [0.15, 0.2) is 22.7 Å². The molecule has 0 unspecified atom stereocenters. The predicted molar refractivity (Wildman–Crippen MR) is 83.0 cm³/mol. The van der Waals surface area contributed by atoms with Crippen LogP contribution in [0.1, 0.15) is 20.8 Å². The number of halogens is 2. The molecule has 0 spiro atoms. The molecule has 0 aliphatic rings. The largest absolute Gasteiger partial charge is 0.481 e. The van der Waals surface area contributed by atoms with Crippen molar-refractivity contribution in [1.82, 2.24) is 5.32 Å². The van der Waals surface area contributed by atoms with E-state index in [0.29, 0.717) is 22.7 Å². The first-order chi connectivity index (χ1) is 10.3. The topological polar surface area (TPSA) is 64.6 Å². The molecule has 122 valence electrons. The lowest BCUT2D eigenvalue weighted by Crippen LogP contribution is -2.38. The molecular formula is C15H19BrFNO4. The van der Waals surface area contributed by atoms with E-state index in [1.807, 2.05) is 13.8 Å². The van der Waals surface area contributed by atoms with E-state index in [0.717, 1.165) is 0 Å². The Labute approximate surface area is 137 Å². The SMILES string of the molecule is CC(C)CNC(=O)[C@@H](C)OC(=O)COc1ccc(F)cc1Br. The third-order valence-corrected chi connectivity index (χ3v) is 3.22. The number of benzene rings is 1. The van der Waals surface area contributed by atoms with Crippen LogP contribution in [-0.4, -0.2) is 31.1 Å². The number of carbonyl (C=O) groups is 2. The van der Waals surface area contributed by atoms with Gasteiger partial charge < -0.3 is 14.8 Å². The van der Waals surface area contributed by atoms with Gasteiger partial charge in [-0.1, -0.05) is 13.8 Å². The van der Waals surface area contributed by atoms with Gasteiger partial charge in [-0.15, -0.1) is 0 Å². The number of ether oxygens (including phenoxy) is 2. The van der Waals surface area contributed by atoms with Gasteiger partial charge in [0, 0.05) is 6.54 Å². The Kier molecular flexibility index (Phi) is 7.31. The van der Waals surface area contributed by atoms with Gasteiger partial charge in [-0.3, -0.25) is 4.79 Å². The van der Waals surface area contributed by atoms with E-state index in [1.165, 1.54) is 25.1 Å². The second-order valence-electron chi connectivity index (χ2n) is 5.13. The summed E-state index contributed by atoms with van der Waals surface area (Å²) in [5.74, 6) is -0.827. The highest BCUT2D eigenvalue weighted by molar-refractivity contribution is 9.10. The van der Waals surface area contributed by atoms with Crippen LogP contribution in [0.25, 0.3) is 0 Å². The average Bonchev–Trinajstić information content (AvgIpc) is 2.43. The molecule has 0 aromatic heterocycles. The Morgan fingerprint density at radius 1 is 1.32 bits per heavy atom. The zero-order chi connectivity index (χ0) is 16.7. The van der Waals surface area contributed by atoms with Gasteiger partial charge in [0.2, 0.25) is 0 Å². The lowest BCUT2D eigenvalue weighted by molar-refractivity contribution is -0.156. The smallest absolute Gasteiger partial charge is 0.344 e. The van der Waals surface area contributed by atoms with E-state index < -0.39 is 17.9 Å². The van der Waals surface area contributed by atoms with Gasteiger partial charge in [0.1, 0.15) is 11.6 Å². The summed E-state index contributed by atoms with van der Waals surface area (Å²) in [7, 11) is 0. The van der Waals surface area contributed by atoms with Crippen LogP contribution in [0.2, 0.25) is 0 Å². The molecule has 0 heterocycles. The minimum absolute atomic E-state index is 0.311. The third-order valence-electron chi connectivity index (χ3n) is 2.60. The standard InChI is InChI=1S/C15H19BrFNO4/c1-9(2)7-18-15(20)10(3)22-14(19)8-21-13-5-4-11(17)6-12(13)16/h4-6,9-10H,7-8H2,1-3H3,(H,18,20)/t10-/m1/s1. The second-order valence-corrected chi connectivity index (χ2v) is 5.99. The number of hydrogen-bond donors (Lipinski definition) is 1. The van der Waals surface area contributed by atoms with Gasteiger partial charge in [-0.2, -0.15) is 0 Å². The molecule has 0 bridgehead atoms. The summed E-state index contributed by atoms with van der Waals surface area (Å²) in [6.45, 7) is 5.56. The van der Waals surface area contributed by atoms with Crippen LogP contribution in [0, 0.1) is 11.7 Å². The summed E-state index contributed by atoms with van der Waals surface area (Å²) >= 11 is 3.12. The van der Waals surface area contributed by atoms with Gasteiger partial charge in [-0.25, -0.2) is 9.18 Å². The molecule has 0 saturated heterocycles. The van der Waals surface area contributed by atoms with Crippen molar-refractivity contribution in [3.8, 4) is 5.75 Å². The monoisotopic (exact) mass is 375 g/mol. The summed E-state index contributed by atoms with van der Waals surface area (Å²) in [6, 6.07) is 3.83. The first-order valence-corrected chi connectivity index (χ1v) is 7.64. The first-order valence-electron chi connectivity index (χ1n) is 6.84. The number of rotatable bonds is 7. The third kappa shape index (κ3) is 6.43. The molecule has 22 heavy (non-hydrogen) atoms. The lowest BCUT2D eigenvalue weighted by Gasteiger charge is -2.15. The Morgan fingerprint density at radius 2 is 2.00 bits per heavy atom. The maximum atomic E-state index is 12.9. The van der Waals surface area contributed by atoms with E-state index >= 15 is 0 Å². The fourth-order valence-electron chi connectivity index (χ4n) is 1.46. The Hall–Kier alpha value is -1.63. The van der Waals surface area contributed by atoms with Crippen LogP contribution in [0.5, 0.6) is 5.75 Å². The number of amides is 1. The van der Waals surface area contributed by atoms with Gasteiger partial charge in [0.15, 0.2) is 12.7 Å². The fourth-order valence-corrected chi connectivity index (χ4v) is 1.93. The summed E-state index contributed by atoms with van der Waals surface area (Å²) in [6.07, 6.45) is -0.897. The molecule has 5 nitrogen and oxygen atoms in total. The van der Waals surface area contributed by atoms with E-state index in [9.17, 15) is 14.0 Å². The molecule has 1 atom stereocenters. The molecule has 1 aromatic carbocycles. The molecule has 1 aromatic rings. The van der Waals surface area contributed by atoms with Gasteiger partial charge in [0.05, 0.1) is 4.47 Å². The maximum absolute atomic E-state index is 12.9. The molecule has 1 N–H and O–H groups in total. The van der Waals surface area contributed by atoms with Gasteiger partial charge in [0.25, 0.3) is 5.91 Å². The van der Waals surface area contributed by atoms with Crippen LogP contribution in [-0.2, 0) is 14.3 Å². The van der Waals surface area contributed by atoms with Crippen molar-refractivity contribution < 1.29 is 23.5 Å². The maximum Gasteiger partial charge on any atom is 0.344 e. The normalized spacial score (nSPS) is 11.9. The molecule has 0 fully saturated rings. The molecule has 0 radical (unpaired) electrons. The van der Waals surface area contributed by atoms with Gasteiger partial charge in [-0.05, 0) is 47.0 Å². The van der Waals surface area contributed by atoms with Crippen molar-refractivity contribution in [2.24, 2.45) is 5.92 Å². The summed E-state index contributed by atoms with van der Waals surface area (Å²) in [5.41, 5.74) is 0. The van der Waals surface area contributed by atoms with Crippen molar-refractivity contribution in [3.05, 3.63) is 28.5 Å². The van der Waals surface area contributed by atoms with Gasteiger partial charge >= 0.3 is 5.97 Å². The number of nitrogens with one attached hydrogen (secondary N) is 1. The molecule has 0 aliphatic heterocycles. The first kappa shape index (κ1) is 18.4. The molecular weight excluding hydrogens is 357 g/mol. The minimum Gasteiger partial charge on any atom is -0.481 e. The van der Waals surface area contributed by atoms with E-state index in [-0.39, 0.29) is 12.5 Å². The van der Waals surface area contributed by atoms with Crippen molar-refractivity contribution in [2.45, 2.75) is 26.9 Å². The fraction of sp³-hybridized carbons (Fsp3) is 0.467. The van der Waals surface area contributed by atoms with Crippen molar-refractivity contribution in [1.29, 1.82) is 0 Å². The quantitative estimate of drug-likeness (QED) is 0.744. The Morgan fingerprint density at radius 3 is 2.59 bits per heavy atom. The summed E-state index contributed by atoms with van der Waals surface area (Å²) in [5, 5.41) is 2.67. The van der Waals surface area contributed by atoms with Crippen LogP contribution >= 0.6 is 15.9 Å². The zero-order valence-electron chi connectivity index (χ0n) is 12.7. The molecule has 1 amide bonds.